The van der Waals surface area contributed by atoms with Gasteiger partial charge in [-0.15, -0.1) is 0 Å². The minimum atomic E-state index is 0.121. The molecule has 0 radical (unpaired) electrons. The zero-order valence-corrected chi connectivity index (χ0v) is 12.8. The number of hydrogen-bond donors (Lipinski definition) is 1. The van der Waals surface area contributed by atoms with Crippen LogP contribution in [-0.2, 0) is 0 Å². The number of carbonyl (C=O) groups excluding carboxylic acids is 1. The lowest BCUT2D eigenvalue weighted by molar-refractivity contribution is 0.112. The maximum Gasteiger partial charge on any atom is 0.156 e. The zero-order chi connectivity index (χ0) is 13.1. The summed E-state index contributed by atoms with van der Waals surface area (Å²) in [5, 5.41) is 3.15. The minimum absolute atomic E-state index is 0.121. The van der Waals surface area contributed by atoms with E-state index < -0.39 is 0 Å². The van der Waals surface area contributed by atoms with Gasteiger partial charge in [-0.3, -0.25) is 4.79 Å². The molecular formula is C11H6Br2ClN3O. The average Bonchev–Trinajstić information content (AvgIpc) is 2.33. The number of benzene rings is 1. The molecule has 1 heterocycles. The Kier molecular flexibility index (Phi) is 4.31. The maximum absolute atomic E-state index is 11.0. The van der Waals surface area contributed by atoms with Gasteiger partial charge in [-0.1, -0.05) is 27.5 Å². The molecule has 0 spiro atoms. The molecule has 1 aromatic heterocycles. The quantitative estimate of drug-likeness (QED) is 0.629. The van der Waals surface area contributed by atoms with Crippen molar-refractivity contribution in [3.63, 3.8) is 0 Å². The molecule has 18 heavy (non-hydrogen) atoms. The Morgan fingerprint density at radius 3 is 2.72 bits per heavy atom. The van der Waals surface area contributed by atoms with Gasteiger partial charge < -0.3 is 5.32 Å². The summed E-state index contributed by atoms with van der Waals surface area (Å²) in [5.41, 5.74) is 1.00. The molecule has 0 amide bonds. The first kappa shape index (κ1) is 13.5. The maximum atomic E-state index is 11.0. The average molecular weight is 391 g/mol. The van der Waals surface area contributed by atoms with Gasteiger partial charge in [0.2, 0.25) is 0 Å². The van der Waals surface area contributed by atoms with Gasteiger partial charge in [0.1, 0.15) is 17.3 Å². The Morgan fingerprint density at radius 2 is 2.06 bits per heavy atom. The summed E-state index contributed by atoms with van der Waals surface area (Å²) in [6, 6.07) is 5.60. The van der Waals surface area contributed by atoms with Gasteiger partial charge in [-0.2, -0.15) is 0 Å². The summed E-state index contributed by atoms with van der Waals surface area (Å²) >= 11 is 12.6. The van der Waals surface area contributed by atoms with Gasteiger partial charge in [0.15, 0.2) is 6.29 Å². The third kappa shape index (κ3) is 2.88. The van der Waals surface area contributed by atoms with Gasteiger partial charge in [0.05, 0.1) is 11.3 Å². The van der Waals surface area contributed by atoms with E-state index in [0.29, 0.717) is 12.1 Å². The molecule has 0 aliphatic heterocycles. The second-order valence-electron chi connectivity index (χ2n) is 3.29. The lowest BCUT2D eigenvalue weighted by Crippen LogP contribution is -2.01. The van der Waals surface area contributed by atoms with Crippen LogP contribution < -0.4 is 5.32 Å². The summed E-state index contributed by atoms with van der Waals surface area (Å²) in [7, 11) is 0. The van der Waals surface area contributed by atoms with Crippen LogP contribution in [0.3, 0.4) is 0 Å². The second-order valence-corrected chi connectivity index (χ2v) is 5.42. The molecule has 0 bridgehead atoms. The highest BCUT2D eigenvalue weighted by molar-refractivity contribution is 9.11. The predicted molar refractivity (Wildman–Crippen MR) is 77.6 cm³/mol. The van der Waals surface area contributed by atoms with Crippen molar-refractivity contribution in [3.05, 3.63) is 44.2 Å². The molecule has 2 rings (SSSR count). The van der Waals surface area contributed by atoms with Crippen molar-refractivity contribution in [2.45, 2.75) is 0 Å². The Labute approximate surface area is 125 Å². The molecule has 0 saturated heterocycles. The van der Waals surface area contributed by atoms with Gasteiger partial charge in [-0.25, -0.2) is 9.97 Å². The number of hydrogen-bond acceptors (Lipinski definition) is 4. The second kappa shape index (κ2) is 5.77. The van der Waals surface area contributed by atoms with Crippen molar-refractivity contribution in [2.24, 2.45) is 0 Å². The highest BCUT2D eigenvalue weighted by Crippen LogP contribution is 2.29. The zero-order valence-electron chi connectivity index (χ0n) is 8.82. The molecular weight excluding hydrogens is 385 g/mol. The number of nitrogens with zero attached hydrogens (tertiary/aromatic N) is 2. The topological polar surface area (TPSA) is 54.9 Å². The standard InChI is InChI=1S/C11H6Br2ClN3O/c12-6-1-2-9(8(13)3-6)17-11-7(4-18)10(14)15-5-16-11/h1-5H,(H,15,16,17). The van der Waals surface area contributed by atoms with E-state index in [0.717, 1.165) is 14.6 Å². The van der Waals surface area contributed by atoms with E-state index >= 15 is 0 Å². The first-order chi connectivity index (χ1) is 8.61. The molecule has 7 heteroatoms. The molecule has 2 aromatic rings. The molecule has 4 nitrogen and oxygen atoms in total. The highest BCUT2D eigenvalue weighted by Gasteiger charge is 2.10. The number of rotatable bonds is 3. The van der Waals surface area contributed by atoms with Crippen LogP contribution in [0.5, 0.6) is 0 Å². The molecule has 0 fully saturated rings. The first-order valence-electron chi connectivity index (χ1n) is 4.79. The fraction of sp³-hybridized carbons (Fsp3) is 0. The summed E-state index contributed by atoms with van der Waals surface area (Å²) in [6.45, 7) is 0. The lowest BCUT2D eigenvalue weighted by Gasteiger charge is -2.10. The summed E-state index contributed by atoms with van der Waals surface area (Å²) in [6.07, 6.45) is 1.92. The number of halogens is 3. The highest BCUT2D eigenvalue weighted by atomic mass is 79.9. The van der Waals surface area contributed by atoms with Gasteiger partial charge >= 0.3 is 0 Å². The van der Waals surface area contributed by atoms with Crippen LogP contribution in [0.4, 0.5) is 11.5 Å². The van der Waals surface area contributed by atoms with Crippen LogP contribution in [0.1, 0.15) is 10.4 Å². The van der Waals surface area contributed by atoms with Gasteiger partial charge in [0.25, 0.3) is 0 Å². The Bertz CT molecular complexity index is 607. The van der Waals surface area contributed by atoms with Crippen LogP contribution in [-0.4, -0.2) is 16.3 Å². The van der Waals surface area contributed by atoms with Crippen molar-refractivity contribution >= 4 is 61.3 Å². The summed E-state index contributed by atoms with van der Waals surface area (Å²) in [5.74, 6) is 0.369. The Morgan fingerprint density at radius 1 is 1.28 bits per heavy atom. The molecule has 0 aliphatic rings. The molecule has 1 N–H and O–H groups in total. The first-order valence-corrected chi connectivity index (χ1v) is 6.76. The smallest absolute Gasteiger partial charge is 0.156 e. The van der Waals surface area contributed by atoms with Gasteiger partial charge in [-0.05, 0) is 34.1 Å². The van der Waals surface area contributed by atoms with Crippen LogP contribution in [0.2, 0.25) is 5.15 Å². The van der Waals surface area contributed by atoms with Crippen LogP contribution in [0.25, 0.3) is 0 Å². The van der Waals surface area contributed by atoms with Crippen LogP contribution in [0, 0.1) is 0 Å². The minimum Gasteiger partial charge on any atom is -0.339 e. The third-order valence-electron chi connectivity index (χ3n) is 2.14. The molecule has 92 valence electrons. The number of aldehydes is 1. The number of anilines is 2. The molecule has 0 saturated carbocycles. The van der Waals surface area contributed by atoms with Crippen molar-refractivity contribution in [2.75, 3.05) is 5.32 Å². The largest absolute Gasteiger partial charge is 0.339 e. The van der Waals surface area contributed by atoms with Crippen molar-refractivity contribution < 1.29 is 4.79 Å². The fourth-order valence-electron chi connectivity index (χ4n) is 1.30. The third-order valence-corrected chi connectivity index (χ3v) is 3.59. The van der Waals surface area contributed by atoms with E-state index in [2.05, 4.69) is 47.1 Å². The molecule has 1 aromatic carbocycles. The fourth-order valence-corrected chi connectivity index (χ4v) is 2.62. The Balaban J connectivity index is 2.40. The van der Waals surface area contributed by atoms with E-state index in [1.54, 1.807) is 0 Å². The van der Waals surface area contributed by atoms with Crippen LogP contribution >= 0.6 is 43.5 Å². The van der Waals surface area contributed by atoms with E-state index in [1.165, 1.54) is 6.33 Å². The van der Waals surface area contributed by atoms with Crippen molar-refractivity contribution in [1.29, 1.82) is 0 Å². The predicted octanol–water partition coefficient (Wildman–Crippen LogP) is 4.21. The normalized spacial score (nSPS) is 10.2. The monoisotopic (exact) mass is 389 g/mol. The molecule has 0 aliphatic carbocycles. The van der Waals surface area contributed by atoms with E-state index in [1.807, 2.05) is 18.2 Å². The van der Waals surface area contributed by atoms with Crippen molar-refractivity contribution in [3.8, 4) is 0 Å². The number of carbonyl (C=O) groups is 1. The Hall–Kier alpha value is -0.980. The number of aromatic nitrogens is 2. The summed E-state index contributed by atoms with van der Waals surface area (Å²) in [4.78, 5) is 18.7. The number of nitrogens with one attached hydrogen (secondary N) is 1. The van der Waals surface area contributed by atoms with Gasteiger partial charge in [0, 0.05) is 8.95 Å². The SMILES string of the molecule is O=Cc1c(Cl)ncnc1Nc1ccc(Br)cc1Br. The summed E-state index contributed by atoms with van der Waals surface area (Å²) < 4.78 is 1.78. The molecule has 0 atom stereocenters. The van der Waals surface area contributed by atoms with E-state index in [9.17, 15) is 4.79 Å². The lowest BCUT2D eigenvalue weighted by atomic mass is 10.3. The molecule has 0 unspecified atom stereocenters. The van der Waals surface area contributed by atoms with Crippen LogP contribution in [0.15, 0.2) is 33.5 Å². The van der Waals surface area contributed by atoms with Crippen molar-refractivity contribution in [1.82, 2.24) is 9.97 Å². The van der Waals surface area contributed by atoms with E-state index in [4.69, 9.17) is 11.6 Å². The van der Waals surface area contributed by atoms with E-state index in [-0.39, 0.29) is 10.7 Å².